The van der Waals surface area contributed by atoms with Crippen LogP contribution < -0.4 is 20.3 Å². The molecule has 0 aliphatic heterocycles. The number of methoxy groups -OCH3 is 2. The van der Waals surface area contributed by atoms with Crippen LogP contribution in [0.4, 0.5) is 24.8 Å². The molecular formula is C21H20F3N3O3. The van der Waals surface area contributed by atoms with Crippen LogP contribution in [0.5, 0.6) is 11.5 Å². The van der Waals surface area contributed by atoms with Gasteiger partial charge < -0.3 is 19.4 Å². The molecule has 0 saturated carbocycles. The number of benzene rings is 2. The Morgan fingerprint density at radius 2 is 1.60 bits per heavy atom. The summed E-state index contributed by atoms with van der Waals surface area (Å²) in [6.45, 7) is 3.62. The zero-order valence-corrected chi connectivity index (χ0v) is 16.8. The fraction of sp³-hybridized carbons (Fsp3) is 0.238. The van der Waals surface area contributed by atoms with E-state index >= 15 is 0 Å². The van der Waals surface area contributed by atoms with Crippen molar-refractivity contribution in [3.63, 3.8) is 0 Å². The van der Waals surface area contributed by atoms with Gasteiger partial charge in [0.1, 0.15) is 5.75 Å². The molecule has 0 amide bonds. The lowest BCUT2D eigenvalue weighted by Crippen LogP contribution is -2.19. The lowest BCUT2D eigenvalue weighted by molar-refractivity contribution is 0.402. The maximum absolute atomic E-state index is 13.6. The number of aryl methyl sites for hydroxylation is 2. The standard InChI is InChI=1S/C21H20F3N3O3/c1-11-6-17(29-3)12(2)5-16(11)25-21-26-20(28)18(30-4)10-27(21)9-13-7-14(22)19(24)15(23)8-13/h5-8,10H,9H2,1-4H3,(H,25,26,28). The fourth-order valence-electron chi connectivity index (χ4n) is 2.99. The average molecular weight is 419 g/mol. The fourth-order valence-corrected chi connectivity index (χ4v) is 2.99. The number of hydrogen-bond donors (Lipinski definition) is 1. The number of nitrogens with one attached hydrogen (secondary N) is 1. The lowest BCUT2D eigenvalue weighted by atomic mass is 10.1. The van der Waals surface area contributed by atoms with Gasteiger partial charge in [0.15, 0.2) is 17.5 Å². The molecule has 30 heavy (non-hydrogen) atoms. The molecule has 9 heteroatoms. The predicted octanol–water partition coefficient (Wildman–Crippen LogP) is 4.09. The van der Waals surface area contributed by atoms with Crippen LogP contribution >= 0.6 is 0 Å². The normalized spacial score (nSPS) is 10.8. The molecule has 1 aromatic heterocycles. The minimum atomic E-state index is -1.54. The molecule has 0 unspecified atom stereocenters. The van der Waals surface area contributed by atoms with Crippen molar-refractivity contribution in [2.45, 2.75) is 20.4 Å². The molecule has 0 fully saturated rings. The van der Waals surface area contributed by atoms with Gasteiger partial charge in [0, 0.05) is 5.69 Å². The molecule has 0 spiro atoms. The molecule has 3 aromatic rings. The highest BCUT2D eigenvalue weighted by molar-refractivity contribution is 5.62. The van der Waals surface area contributed by atoms with Crippen molar-refractivity contribution < 1.29 is 22.6 Å². The summed E-state index contributed by atoms with van der Waals surface area (Å²) in [5.74, 6) is -3.37. The van der Waals surface area contributed by atoms with Gasteiger partial charge in [-0.3, -0.25) is 4.79 Å². The second-order valence-electron chi connectivity index (χ2n) is 6.70. The lowest BCUT2D eigenvalue weighted by Gasteiger charge is -2.17. The summed E-state index contributed by atoms with van der Waals surface area (Å²) in [6.07, 6.45) is 1.36. The summed E-state index contributed by atoms with van der Waals surface area (Å²) in [5.41, 5.74) is 1.87. The molecule has 0 aliphatic carbocycles. The SMILES string of the molecule is COc1cc(C)c(Nc2nc(=O)c(OC)cn2Cc2cc(F)c(F)c(F)c2)cc1C. The summed E-state index contributed by atoms with van der Waals surface area (Å²) in [4.78, 5) is 16.2. The van der Waals surface area contributed by atoms with Gasteiger partial charge in [-0.15, -0.1) is 0 Å². The van der Waals surface area contributed by atoms with Crippen LogP contribution in [0.3, 0.4) is 0 Å². The Labute approximate surface area is 170 Å². The molecule has 0 radical (unpaired) electrons. The van der Waals surface area contributed by atoms with Crippen LogP contribution in [-0.2, 0) is 6.54 Å². The Bertz CT molecular complexity index is 1140. The number of hydrogen-bond acceptors (Lipinski definition) is 5. The number of rotatable bonds is 6. The van der Waals surface area contributed by atoms with Crippen molar-refractivity contribution in [3.8, 4) is 11.5 Å². The number of halogens is 3. The molecule has 0 bridgehead atoms. The zero-order chi connectivity index (χ0) is 22.0. The number of ether oxygens (including phenoxy) is 2. The van der Waals surface area contributed by atoms with E-state index in [4.69, 9.17) is 9.47 Å². The largest absolute Gasteiger partial charge is 0.496 e. The van der Waals surface area contributed by atoms with E-state index < -0.39 is 23.0 Å². The molecular weight excluding hydrogens is 399 g/mol. The molecule has 6 nitrogen and oxygen atoms in total. The Balaban J connectivity index is 2.06. The van der Waals surface area contributed by atoms with Gasteiger partial charge in [0.25, 0.3) is 0 Å². The molecule has 158 valence electrons. The Morgan fingerprint density at radius 3 is 2.20 bits per heavy atom. The van der Waals surface area contributed by atoms with Gasteiger partial charge in [0.05, 0.1) is 27.0 Å². The molecule has 1 N–H and O–H groups in total. The van der Waals surface area contributed by atoms with Crippen molar-refractivity contribution in [2.24, 2.45) is 0 Å². The van der Waals surface area contributed by atoms with Crippen LogP contribution in [0.15, 0.2) is 35.3 Å². The minimum Gasteiger partial charge on any atom is -0.496 e. The van der Waals surface area contributed by atoms with Crippen LogP contribution in [-0.4, -0.2) is 23.8 Å². The van der Waals surface area contributed by atoms with E-state index in [0.717, 1.165) is 23.3 Å². The average Bonchev–Trinajstić information content (AvgIpc) is 2.70. The highest BCUT2D eigenvalue weighted by atomic mass is 19.2. The van der Waals surface area contributed by atoms with Gasteiger partial charge in [-0.1, -0.05) is 0 Å². The third kappa shape index (κ3) is 4.24. The number of nitrogens with zero attached hydrogens (tertiary/aromatic N) is 2. The van der Waals surface area contributed by atoms with Gasteiger partial charge in [0.2, 0.25) is 11.7 Å². The Hall–Kier alpha value is -3.49. The molecule has 2 aromatic carbocycles. The highest BCUT2D eigenvalue weighted by Crippen LogP contribution is 2.28. The van der Waals surface area contributed by atoms with Crippen LogP contribution in [0.2, 0.25) is 0 Å². The molecule has 0 saturated heterocycles. The van der Waals surface area contributed by atoms with Crippen molar-refractivity contribution in [3.05, 3.63) is 75.0 Å². The topological polar surface area (TPSA) is 65.4 Å². The second-order valence-corrected chi connectivity index (χ2v) is 6.70. The maximum atomic E-state index is 13.6. The van der Waals surface area contributed by atoms with Gasteiger partial charge in [-0.25, -0.2) is 13.2 Å². The quantitative estimate of drug-likeness (QED) is 0.610. The highest BCUT2D eigenvalue weighted by Gasteiger charge is 2.15. The van der Waals surface area contributed by atoms with Crippen molar-refractivity contribution >= 4 is 11.6 Å². The number of anilines is 2. The van der Waals surface area contributed by atoms with E-state index in [9.17, 15) is 18.0 Å². The summed E-state index contributed by atoms with van der Waals surface area (Å²) in [6, 6.07) is 5.42. The van der Waals surface area contributed by atoms with E-state index in [1.807, 2.05) is 26.0 Å². The first-order chi connectivity index (χ1) is 14.2. The van der Waals surface area contributed by atoms with Crippen LogP contribution in [0.1, 0.15) is 16.7 Å². The van der Waals surface area contributed by atoms with Crippen LogP contribution in [0.25, 0.3) is 0 Å². The molecule has 3 rings (SSSR count). The minimum absolute atomic E-state index is 0.0498. The first-order valence-electron chi connectivity index (χ1n) is 8.94. The van der Waals surface area contributed by atoms with Gasteiger partial charge >= 0.3 is 5.56 Å². The summed E-state index contributed by atoms with van der Waals surface area (Å²) in [5, 5.41) is 3.07. The predicted molar refractivity (Wildman–Crippen MR) is 106 cm³/mol. The second kappa shape index (κ2) is 8.48. The number of aromatic nitrogens is 2. The third-order valence-corrected chi connectivity index (χ3v) is 4.57. The van der Waals surface area contributed by atoms with Gasteiger partial charge in [-0.2, -0.15) is 4.98 Å². The Kier molecular flexibility index (Phi) is 6.00. The molecule has 0 atom stereocenters. The third-order valence-electron chi connectivity index (χ3n) is 4.57. The van der Waals surface area contributed by atoms with Crippen molar-refractivity contribution in [2.75, 3.05) is 19.5 Å². The van der Waals surface area contributed by atoms with E-state index in [0.29, 0.717) is 11.4 Å². The molecule has 1 heterocycles. The zero-order valence-electron chi connectivity index (χ0n) is 16.8. The summed E-state index contributed by atoms with van der Waals surface area (Å²) >= 11 is 0. The summed E-state index contributed by atoms with van der Waals surface area (Å²) < 4.78 is 52.3. The van der Waals surface area contributed by atoms with E-state index in [1.165, 1.54) is 17.9 Å². The van der Waals surface area contributed by atoms with Gasteiger partial charge in [-0.05, 0) is 54.8 Å². The summed E-state index contributed by atoms with van der Waals surface area (Å²) in [7, 11) is 2.88. The van der Waals surface area contributed by atoms with E-state index in [-0.39, 0.29) is 23.8 Å². The Morgan fingerprint density at radius 1 is 0.967 bits per heavy atom. The monoisotopic (exact) mass is 419 g/mol. The van der Waals surface area contributed by atoms with E-state index in [2.05, 4.69) is 10.3 Å². The smallest absolute Gasteiger partial charge is 0.316 e. The van der Waals surface area contributed by atoms with Crippen LogP contribution in [0, 0.1) is 31.3 Å². The maximum Gasteiger partial charge on any atom is 0.316 e. The van der Waals surface area contributed by atoms with E-state index in [1.54, 1.807) is 7.11 Å². The van der Waals surface area contributed by atoms with Crippen molar-refractivity contribution in [1.29, 1.82) is 0 Å². The van der Waals surface area contributed by atoms with Crippen molar-refractivity contribution in [1.82, 2.24) is 9.55 Å². The first-order valence-corrected chi connectivity index (χ1v) is 8.94. The molecule has 0 aliphatic rings. The first kappa shape index (κ1) is 21.2.